The van der Waals surface area contributed by atoms with Crippen LogP contribution in [-0.4, -0.2) is 61.4 Å². The Morgan fingerprint density at radius 3 is 2.89 bits per heavy atom. The van der Waals surface area contributed by atoms with Crippen molar-refractivity contribution in [2.75, 3.05) is 45.8 Å². The molecule has 0 saturated carbocycles. The molecule has 0 saturated heterocycles. The van der Waals surface area contributed by atoms with Crippen LogP contribution in [0.25, 0.3) is 0 Å². The zero-order valence-corrected chi connectivity index (χ0v) is 11.0. The Morgan fingerprint density at radius 2 is 2.32 bits per heavy atom. The molecule has 1 aromatic heterocycles. The predicted molar refractivity (Wildman–Crippen MR) is 68.6 cm³/mol. The topological polar surface area (TPSA) is 74.7 Å². The van der Waals surface area contributed by atoms with Crippen molar-refractivity contribution in [3.05, 3.63) is 23.6 Å². The molecule has 0 aromatic carbocycles. The molecule has 106 valence electrons. The summed E-state index contributed by atoms with van der Waals surface area (Å²) in [5, 5.41) is 11.5. The number of methoxy groups -OCH3 is 1. The third-order valence-corrected chi connectivity index (χ3v) is 2.58. The van der Waals surface area contributed by atoms with Gasteiger partial charge in [-0.05, 0) is 6.07 Å². The number of halogens is 1. The van der Waals surface area contributed by atoms with Crippen molar-refractivity contribution in [1.29, 1.82) is 0 Å². The van der Waals surface area contributed by atoms with Gasteiger partial charge in [-0.3, -0.25) is 4.79 Å². The third-order valence-electron chi connectivity index (χ3n) is 2.58. The molecule has 0 fully saturated rings. The molecule has 7 heteroatoms. The molecular weight excluding hydrogens is 253 g/mol. The van der Waals surface area contributed by atoms with Gasteiger partial charge in [-0.25, -0.2) is 9.37 Å². The zero-order chi connectivity index (χ0) is 14.3. The number of ether oxygens (including phenoxy) is 1. The number of hydrogen-bond acceptors (Lipinski definition) is 5. The van der Waals surface area contributed by atoms with Gasteiger partial charge in [-0.1, -0.05) is 0 Å². The lowest BCUT2D eigenvalue weighted by molar-refractivity contribution is 0.0652. The molecule has 0 aliphatic heterocycles. The summed E-state index contributed by atoms with van der Waals surface area (Å²) in [7, 11) is 3.03. The fourth-order valence-corrected chi connectivity index (χ4v) is 1.59. The standard InChI is InChI=1S/C12H18FN3O3/c1-14-11-10(13)9(3-4-15-11)12(18)16(5-7-17)6-8-19-2/h3-4,17H,5-8H2,1-2H3,(H,14,15). The van der Waals surface area contributed by atoms with Gasteiger partial charge < -0.3 is 20.1 Å². The van der Waals surface area contributed by atoms with Crippen LogP contribution < -0.4 is 5.32 Å². The van der Waals surface area contributed by atoms with E-state index in [1.165, 1.54) is 31.3 Å². The maximum atomic E-state index is 14.0. The van der Waals surface area contributed by atoms with Crippen molar-refractivity contribution in [2.24, 2.45) is 0 Å². The Balaban J connectivity index is 2.95. The summed E-state index contributed by atoms with van der Waals surface area (Å²) in [6.45, 7) is 0.532. The molecule has 0 unspecified atom stereocenters. The second-order valence-corrected chi connectivity index (χ2v) is 3.78. The van der Waals surface area contributed by atoms with Gasteiger partial charge in [-0.15, -0.1) is 0 Å². The maximum absolute atomic E-state index is 14.0. The second-order valence-electron chi connectivity index (χ2n) is 3.78. The van der Waals surface area contributed by atoms with Crippen LogP contribution in [0.3, 0.4) is 0 Å². The smallest absolute Gasteiger partial charge is 0.257 e. The molecule has 0 aliphatic carbocycles. The van der Waals surface area contributed by atoms with E-state index >= 15 is 0 Å². The number of nitrogens with zero attached hydrogens (tertiary/aromatic N) is 2. The molecule has 1 heterocycles. The van der Waals surface area contributed by atoms with E-state index in [1.807, 2.05) is 0 Å². The lowest BCUT2D eigenvalue weighted by Gasteiger charge is -2.21. The van der Waals surface area contributed by atoms with Crippen molar-refractivity contribution in [3.63, 3.8) is 0 Å². The van der Waals surface area contributed by atoms with Crippen molar-refractivity contribution >= 4 is 11.7 Å². The molecule has 6 nitrogen and oxygen atoms in total. The summed E-state index contributed by atoms with van der Waals surface area (Å²) in [5.74, 6) is -1.18. The van der Waals surface area contributed by atoms with Gasteiger partial charge in [0, 0.05) is 33.4 Å². The van der Waals surface area contributed by atoms with Crippen molar-refractivity contribution in [3.8, 4) is 0 Å². The van der Waals surface area contributed by atoms with Crippen LogP contribution in [0.5, 0.6) is 0 Å². The van der Waals surface area contributed by atoms with E-state index in [9.17, 15) is 9.18 Å². The summed E-state index contributed by atoms with van der Waals surface area (Å²) in [5.41, 5.74) is -0.0797. The Bertz CT molecular complexity index is 429. The Morgan fingerprint density at radius 1 is 1.58 bits per heavy atom. The normalized spacial score (nSPS) is 10.3. The van der Waals surface area contributed by atoms with E-state index in [0.29, 0.717) is 6.61 Å². The van der Waals surface area contributed by atoms with Crippen LogP contribution in [-0.2, 0) is 4.74 Å². The van der Waals surface area contributed by atoms with Crippen LogP contribution in [0.4, 0.5) is 10.2 Å². The second kappa shape index (κ2) is 7.65. The molecule has 1 rings (SSSR count). The molecule has 0 bridgehead atoms. The fraction of sp³-hybridized carbons (Fsp3) is 0.500. The van der Waals surface area contributed by atoms with E-state index < -0.39 is 11.7 Å². The zero-order valence-electron chi connectivity index (χ0n) is 11.0. The first-order valence-corrected chi connectivity index (χ1v) is 5.87. The van der Waals surface area contributed by atoms with E-state index in [0.717, 1.165) is 0 Å². The quantitative estimate of drug-likeness (QED) is 0.748. The minimum Gasteiger partial charge on any atom is -0.395 e. The molecule has 1 aromatic rings. The van der Waals surface area contributed by atoms with Gasteiger partial charge in [0.1, 0.15) is 0 Å². The fourth-order valence-electron chi connectivity index (χ4n) is 1.59. The van der Waals surface area contributed by atoms with Crippen molar-refractivity contribution < 1.29 is 19.0 Å². The first-order chi connectivity index (χ1) is 9.15. The van der Waals surface area contributed by atoms with Gasteiger partial charge in [0.2, 0.25) is 0 Å². The number of carbonyl (C=O) groups excluding carboxylic acids is 1. The highest BCUT2D eigenvalue weighted by atomic mass is 19.1. The van der Waals surface area contributed by atoms with Gasteiger partial charge >= 0.3 is 0 Å². The van der Waals surface area contributed by atoms with Crippen LogP contribution in [0.15, 0.2) is 12.3 Å². The third kappa shape index (κ3) is 3.87. The van der Waals surface area contributed by atoms with Gasteiger partial charge in [0.15, 0.2) is 11.6 Å². The van der Waals surface area contributed by atoms with Crippen LogP contribution in [0.1, 0.15) is 10.4 Å². The SMILES string of the molecule is CNc1nccc(C(=O)N(CCO)CCOC)c1F. The Hall–Kier alpha value is -1.73. The lowest BCUT2D eigenvalue weighted by Crippen LogP contribution is -2.36. The average Bonchev–Trinajstić information content (AvgIpc) is 2.43. The maximum Gasteiger partial charge on any atom is 0.257 e. The molecule has 0 radical (unpaired) electrons. The number of nitrogens with one attached hydrogen (secondary N) is 1. The van der Waals surface area contributed by atoms with Crippen LogP contribution >= 0.6 is 0 Å². The van der Waals surface area contributed by atoms with Crippen molar-refractivity contribution in [2.45, 2.75) is 0 Å². The number of aromatic nitrogens is 1. The number of aliphatic hydroxyl groups excluding tert-OH is 1. The largest absolute Gasteiger partial charge is 0.395 e. The minimum absolute atomic E-state index is 0.0153. The summed E-state index contributed by atoms with van der Waals surface area (Å²) >= 11 is 0. The van der Waals surface area contributed by atoms with E-state index in [2.05, 4.69) is 10.3 Å². The van der Waals surface area contributed by atoms with Gasteiger partial charge in [0.05, 0.1) is 18.8 Å². The molecule has 0 aliphatic rings. The highest BCUT2D eigenvalue weighted by Gasteiger charge is 2.20. The molecule has 0 spiro atoms. The minimum atomic E-state index is -0.699. The van der Waals surface area contributed by atoms with Crippen LogP contribution in [0.2, 0.25) is 0 Å². The number of anilines is 1. The van der Waals surface area contributed by atoms with Crippen LogP contribution in [0, 0.1) is 5.82 Å². The van der Waals surface area contributed by atoms with Crippen molar-refractivity contribution in [1.82, 2.24) is 9.88 Å². The Kier molecular flexibility index (Phi) is 6.17. The summed E-state index contributed by atoms with van der Waals surface area (Å²) in [6, 6.07) is 1.32. The highest BCUT2D eigenvalue weighted by Crippen LogP contribution is 2.16. The number of hydrogen-bond donors (Lipinski definition) is 2. The molecular formula is C12H18FN3O3. The number of aliphatic hydroxyl groups is 1. The molecule has 1 amide bonds. The lowest BCUT2D eigenvalue weighted by atomic mass is 10.2. The summed E-state index contributed by atoms with van der Waals surface area (Å²) in [6.07, 6.45) is 1.36. The first-order valence-electron chi connectivity index (χ1n) is 5.87. The summed E-state index contributed by atoms with van der Waals surface area (Å²) in [4.78, 5) is 17.3. The Labute approximate surface area is 111 Å². The molecule has 19 heavy (non-hydrogen) atoms. The number of carbonyl (C=O) groups is 1. The average molecular weight is 271 g/mol. The number of rotatable bonds is 7. The first kappa shape index (κ1) is 15.3. The highest BCUT2D eigenvalue weighted by molar-refractivity contribution is 5.95. The summed E-state index contributed by atoms with van der Waals surface area (Å²) < 4.78 is 18.9. The van der Waals surface area contributed by atoms with Gasteiger partial charge in [0.25, 0.3) is 5.91 Å². The number of pyridine rings is 1. The van der Waals surface area contributed by atoms with E-state index in [4.69, 9.17) is 9.84 Å². The van der Waals surface area contributed by atoms with Gasteiger partial charge in [-0.2, -0.15) is 0 Å². The molecule has 0 atom stereocenters. The monoisotopic (exact) mass is 271 g/mol. The predicted octanol–water partition coefficient (Wildman–Crippen LogP) is 0.343. The van der Waals surface area contributed by atoms with E-state index in [1.54, 1.807) is 0 Å². The molecule has 2 N–H and O–H groups in total. The number of amides is 1. The van der Waals surface area contributed by atoms with E-state index in [-0.39, 0.29) is 31.1 Å².